The summed E-state index contributed by atoms with van der Waals surface area (Å²) < 4.78 is 27.2. The maximum atomic E-state index is 13.6. The van der Waals surface area contributed by atoms with Crippen molar-refractivity contribution in [1.29, 1.82) is 0 Å². The van der Waals surface area contributed by atoms with Crippen LogP contribution in [-0.2, 0) is 24.1 Å². The van der Waals surface area contributed by atoms with Gasteiger partial charge in [0.2, 0.25) is 5.91 Å². The molecule has 0 saturated carbocycles. The number of nitrogens with one attached hydrogen (secondary N) is 2. The fourth-order valence-corrected chi connectivity index (χ4v) is 4.72. The van der Waals surface area contributed by atoms with Crippen LogP contribution in [0.3, 0.4) is 0 Å². The van der Waals surface area contributed by atoms with Crippen LogP contribution in [0.2, 0.25) is 0 Å². The number of aryl methyl sites for hydroxylation is 1. The van der Waals surface area contributed by atoms with Crippen molar-refractivity contribution in [2.45, 2.75) is 78.0 Å². The van der Waals surface area contributed by atoms with E-state index in [9.17, 15) is 18.7 Å². The molecule has 0 radical (unpaired) electrons. The fourth-order valence-electron chi connectivity index (χ4n) is 4.72. The third kappa shape index (κ3) is 7.61. The van der Waals surface area contributed by atoms with Crippen LogP contribution in [0.25, 0.3) is 0 Å². The van der Waals surface area contributed by atoms with Crippen LogP contribution < -0.4 is 10.6 Å². The molecule has 0 fully saturated rings. The molecule has 0 heterocycles. The lowest BCUT2D eigenvalue weighted by molar-refractivity contribution is -0.120. The van der Waals surface area contributed by atoms with Gasteiger partial charge in [-0.25, -0.2) is 8.78 Å². The van der Waals surface area contributed by atoms with E-state index in [1.165, 1.54) is 35.7 Å². The normalized spacial score (nSPS) is 17.8. The maximum absolute atomic E-state index is 13.6. The van der Waals surface area contributed by atoms with Crippen molar-refractivity contribution in [2.75, 3.05) is 6.54 Å². The summed E-state index contributed by atoms with van der Waals surface area (Å²) in [6, 6.07) is 9.44. The molecular weight excluding hydrogens is 422 g/mol. The third-order valence-corrected chi connectivity index (χ3v) is 6.06. The van der Waals surface area contributed by atoms with E-state index >= 15 is 0 Å². The van der Waals surface area contributed by atoms with Crippen LogP contribution in [0.1, 0.15) is 68.8 Å². The first-order valence-electron chi connectivity index (χ1n) is 11.8. The number of hydrogen-bond donors (Lipinski definition) is 3. The maximum Gasteiger partial charge on any atom is 0.217 e. The van der Waals surface area contributed by atoms with E-state index in [2.05, 4.69) is 49.6 Å². The molecule has 180 valence electrons. The van der Waals surface area contributed by atoms with Crippen LogP contribution in [0.5, 0.6) is 0 Å². The molecule has 3 rings (SSSR count). The number of amides is 1. The summed E-state index contributed by atoms with van der Waals surface area (Å²) in [6.45, 7) is 8.31. The quantitative estimate of drug-likeness (QED) is 0.541. The van der Waals surface area contributed by atoms with Gasteiger partial charge in [0.15, 0.2) is 0 Å². The van der Waals surface area contributed by atoms with E-state index in [-0.39, 0.29) is 30.3 Å². The number of halogens is 2. The third-order valence-electron chi connectivity index (χ3n) is 6.06. The number of carbonyl (C=O) groups excluding carboxylic acids is 1. The number of fused-ring (bicyclic) bond motifs is 1. The molecule has 2 aromatic carbocycles. The standard InChI is InChI=1S/C27H36F2N2O2/c1-17(32)31-25(13-19-10-21(28)14-22(29)11-19)26(33)16-30-24-7-5-6-20-9-8-18(12-23(20)24)15-27(2,3)4/h8-12,14,24-26,30,33H,5-7,13,15-16H2,1-4H3,(H,31,32)/t24?,25?,26-/m1/s1. The minimum Gasteiger partial charge on any atom is -0.390 e. The van der Waals surface area contributed by atoms with E-state index < -0.39 is 23.8 Å². The zero-order valence-electron chi connectivity index (χ0n) is 20.1. The van der Waals surface area contributed by atoms with Crippen LogP contribution in [0.15, 0.2) is 36.4 Å². The smallest absolute Gasteiger partial charge is 0.217 e. The summed E-state index contributed by atoms with van der Waals surface area (Å²) in [6.07, 6.45) is 3.29. The van der Waals surface area contributed by atoms with Gasteiger partial charge in [0.25, 0.3) is 0 Å². The van der Waals surface area contributed by atoms with Crippen LogP contribution >= 0.6 is 0 Å². The summed E-state index contributed by atoms with van der Waals surface area (Å²) >= 11 is 0. The SMILES string of the molecule is CC(=O)NC(Cc1cc(F)cc(F)c1)[C@H](O)CNC1CCCc2ccc(CC(C)(C)C)cc21. The summed E-state index contributed by atoms with van der Waals surface area (Å²) in [5.41, 5.74) is 4.50. The number of aliphatic hydroxyl groups is 1. The van der Waals surface area contributed by atoms with Gasteiger partial charge in [-0.1, -0.05) is 39.0 Å². The molecule has 1 aliphatic carbocycles. The molecule has 3 atom stereocenters. The van der Waals surface area contributed by atoms with E-state index in [4.69, 9.17) is 0 Å². The number of benzene rings is 2. The topological polar surface area (TPSA) is 61.4 Å². The van der Waals surface area contributed by atoms with Crippen molar-refractivity contribution in [3.05, 3.63) is 70.3 Å². The lowest BCUT2D eigenvalue weighted by atomic mass is 9.82. The zero-order chi connectivity index (χ0) is 24.2. The van der Waals surface area contributed by atoms with Gasteiger partial charge >= 0.3 is 0 Å². The Bertz CT molecular complexity index is 951. The lowest BCUT2D eigenvalue weighted by Crippen LogP contribution is -2.48. The average Bonchev–Trinajstić information content (AvgIpc) is 2.69. The van der Waals surface area contributed by atoms with Gasteiger partial charge in [0.05, 0.1) is 12.1 Å². The van der Waals surface area contributed by atoms with Crippen molar-refractivity contribution in [1.82, 2.24) is 10.6 Å². The van der Waals surface area contributed by atoms with E-state index in [0.717, 1.165) is 31.7 Å². The molecule has 1 amide bonds. The van der Waals surface area contributed by atoms with Crippen molar-refractivity contribution in [3.63, 3.8) is 0 Å². The van der Waals surface area contributed by atoms with Gasteiger partial charge < -0.3 is 15.7 Å². The number of carbonyl (C=O) groups is 1. The molecule has 2 unspecified atom stereocenters. The second kappa shape index (κ2) is 10.7. The first-order valence-corrected chi connectivity index (χ1v) is 11.8. The highest BCUT2D eigenvalue weighted by Crippen LogP contribution is 2.32. The summed E-state index contributed by atoms with van der Waals surface area (Å²) in [4.78, 5) is 11.7. The molecule has 3 N–H and O–H groups in total. The van der Waals surface area contributed by atoms with Gasteiger partial charge in [-0.15, -0.1) is 0 Å². The minimum atomic E-state index is -0.914. The van der Waals surface area contributed by atoms with Gasteiger partial charge in [0.1, 0.15) is 11.6 Å². The largest absolute Gasteiger partial charge is 0.390 e. The monoisotopic (exact) mass is 458 g/mol. The Morgan fingerprint density at radius 3 is 2.45 bits per heavy atom. The molecule has 0 aliphatic heterocycles. The molecule has 1 aliphatic rings. The Kier molecular flexibility index (Phi) is 8.24. The highest BCUT2D eigenvalue weighted by molar-refractivity contribution is 5.73. The molecule has 0 bridgehead atoms. The molecule has 4 nitrogen and oxygen atoms in total. The first-order chi connectivity index (χ1) is 15.5. The summed E-state index contributed by atoms with van der Waals surface area (Å²) in [5, 5.41) is 17.1. The number of rotatable bonds is 8. The van der Waals surface area contributed by atoms with Gasteiger partial charge in [0, 0.05) is 25.6 Å². The highest BCUT2D eigenvalue weighted by atomic mass is 19.1. The van der Waals surface area contributed by atoms with Crippen molar-refractivity contribution >= 4 is 5.91 Å². The van der Waals surface area contributed by atoms with Crippen LogP contribution in [-0.4, -0.2) is 29.7 Å². The van der Waals surface area contributed by atoms with E-state index in [0.29, 0.717) is 5.56 Å². The minimum absolute atomic E-state index is 0.118. The molecule has 6 heteroatoms. The molecule has 0 aromatic heterocycles. The molecule has 0 saturated heterocycles. The number of aliphatic hydroxyl groups excluding tert-OH is 1. The van der Waals surface area contributed by atoms with E-state index in [1.807, 2.05) is 0 Å². The van der Waals surface area contributed by atoms with E-state index in [1.54, 1.807) is 0 Å². The highest BCUT2D eigenvalue weighted by Gasteiger charge is 2.25. The first kappa shape index (κ1) is 25.3. The van der Waals surface area contributed by atoms with Crippen molar-refractivity contribution in [2.24, 2.45) is 5.41 Å². The number of hydrogen-bond acceptors (Lipinski definition) is 3. The zero-order valence-corrected chi connectivity index (χ0v) is 20.1. The molecule has 2 aromatic rings. The molecule has 0 spiro atoms. The van der Waals surface area contributed by atoms with Crippen LogP contribution in [0, 0.1) is 17.0 Å². The van der Waals surface area contributed by atoms with Crippen molar-refractivity contribution < 1.29 is 18.7 Å². The van der Waals surface area contributed by atoms with Gasteiger partial charge in [-0.05, 0) is 71.9 Å². The Balaban J connectivity index is 1.70. The average molecular weight is 459 g/mol. The lowest BCUT2D eigenvalue weighted by Gasteiger charge is -2.31. The predicted molar refractivity (Wildman–Crippen MR) is 127 cm³/mol. The fraction of sp³-hybridized carbons (Fsp3) is 0.519. The summed E-state index contributed by atoms with van der Waals surface area (Å²) in [5.74, 6) is -1.65. The second-order valence-corrected chi connectivity index (χ2v) is 10.5. The Morgan fingerprint density at radius 1 is 1.12 bits per heavy atom. The Labute approximate surface area is 195 Å². The predicted octanol–water partition coefficient (Wildman–Crippen LogP) is 4.63. The second-order valence-electron chi connectivity index (χ2n) is 10.5. The Morgan fingerprint density at radius 2 is 1.82 bits per heavy atom. The molecule has 33 heavy (non-hydrogen) atoms. The van der Waals surface area contributed by atoms with Gasteiger partial charge in [-0.3, -0.25) is 4.79 Å². The van der Waals surface area contributed by atoms with Crippen LogP contribution in [0.4, 0.5) is 8.78 Å². The Hall–Kier alpha value is -2.31. The summed E-state index contributed by atoms with van der Waals surface area (Å²) in [7, 11) is 0. The van der Waals surface area contributed by atoms with Crippen molar-refractivity contribution in [3.8, 4) is 0 Å². The molecular formula is C27H36F2N2O2. The van der Waals surface area contributed by atoms with Gasteiger partial charge in [-0.2, -0.15) is 0 Å².